The van der Waals surface area contributed by atoms with E-state index in [1.165, 1.54) is 0 Å². The van der Waals surface area contributed by atoms with Gasteiger partial charge in [0.2, 0.25) is 0 Å². The Morgan fingerprint density at radius 1 is 1.50 bits per heavy atom. The fourth-order valence-electron chi connectivity index (χ4n) is 2.30. The smallest absolute Gasteiger partial charge is 0.358 e. The van der Waals surface area contributed by atoms with Crippen LogP contribution in [0, 0.1) is 5.92 Å². The molecule has 0 aliphatic heterocycles. The zero-order chi connectivity index (χ0) is 13.0. The molecule has 0 atom stereocenters. The van der Waals surface area contributed by atoms with Crippen LogP contribution in [-0.4, -0.2) is 28.2 Å². The minimum absolute atomic E-state index is 0.0633. The fourth-order valence-corrected chi connectivity index (χ4v) is 2.30. The van der Waals surface area contributed by atoms with Gasteiger partial charge in [-0.3, -0.25) is 0 Å². The Bertz CT molecular complexity index is 395. The highest BCUT2D eigenvalue weighted by Gasteiger charge is 2.22. The minimum atomic E-state index is -0.315. The number of rotatable bonds is 4. The van der Waals surface area contributed by atoms with Crippen molar-refractivity contribution in [3.63, 3.8) is 0 Å². The van der Waals surface area contributed by atoms with Crippen molar-refractivity contribution in [3.05, 3.63) is 18.2 Å². The van der Waals surface area contributed by atoms with Crippen molar-refractivity contribution >= 4 is 5.97 Å². The molecular formula is C13H21N3O2. The third-order valence-electron chi connectivity index (χ3n) is 3.47. The van der Waals surface area contributed by atoms with Gasteiger partial charge in [-0.2, -0.15) is 0 Å². The number of nitrogens with two attached hydrogens (primary N) is 1. The van der Waals surface area contributed by atoms with Crippen LogP contribution >= 0.6 is 0 Å². The summed E-state index contributed by atoms with van der Waals surface area (Å²) in [4.78, 5) is 15.9. The Kier molecular flexibility index (Phi) is 4.36. The summed E-state index contributed by atoms with van der Waals surface area (Å²) in [6.45, 7) is 3.44. The molecule has 0 amide bonds. The average Bonchev–Trinajstić information content (AvgIpc) is 2.81. The maximum absolute atomic E-state index is 11.9. The van der Waals surface area contributed by atoms with Crippen molar-refractivity contribution in [2.24, 2.45) is 11.7 Å². The van der Waals surface area contributed by atoms with Crippen molar-refractivity contribution in [2.75, 3.05) is 6.54 Å². The summed E-state index contributed by atoms with van der Waals surface area (Å²) in [5.74, 6) is 0.439. The number of hydrogen-bond acceptors (Lipinski definition) is 4. The number of esters is 1. The molecule has 1 fully saturated rings. The van der Waals surface area contributed by atoms with Crippen molar-refractivity contribution in [1.82, 2.24) is 9.55 Å². The lowest BCUT2D eigenvalue weighted by atomic mass is 9.89. The summed E-state index contributed by atoms with van der Waals surface area (Å²) in [5.41, 5.74) is 5.82. The van der Waals surface area contributed by atoms with E-state index in [1.807, 2.05) is 0 Å². The Morgan fingerprint density at radius 3 is 2.89 bits per heavy atom. The quantitative estimate of drug-likeness (QED) is 0.825. The Labute approximate surface area is 107 Å². The SMILES string of the molecule is CC1CCC(OC(=O)c2cn(CCN)cn2)CC1. The lowest BCUT2D eigenvalue weighted by Crippen LogP contribution is -2.23. The van der Waals surface area contributed by atoms with Gasteiger partial charge in [0.15, 0.2) is 5.69 Å². The van der Waals surface area contributed by atoms with E-state index in [-0.39, 0.29) is 12.1 Å². The molecule has 1 aliphatic carbocycles. The molecule has 18 heavy (non-hydrogen) atoms. The highest BCUT2D eigenvalue weighted by Crippen LogP contribution is 2.26. The van der Waals surface area contributed by atoms with Crippen molar-refractivity contribution in [1.29, 1.82) is 0 Å². The molecule has 1 saturated carbocycles. The predicted octanol–water partition coefficient (Wildman–Crippen LogP) is 1.58. The second-order valence-corrected chi connectivity index (χ2v) is 5.07. The van der Waals surface area contributed by atoms with Crippen LogP contribution < -0.4 is 5.73 Å². The first-order valence-corrected chi connectivity index (χ1v) is 6.62. The molecule has 0 saturated heterocycles. The molecule has 2 N–H and O–H groups in total. The van der Waals surface area contributed by atoms with Crippen LogP contribution in [0.15, 0.2) is 12.5 Å². The van der Waals surface area contributed by atoms with Gasteiger partial charge in [0.05, 0.1) is 6.33 Å². The zero-order valence-electron chi connectivity index (χ0n) is 10.8. The Balaban J connectivity index is 1.86. The summed E-state index contributed by atoms with van der Waals surface area (Å²) in [6, 6.07) is 0. The molecule has 0 unspecified atom stereocenters. The maximum atomic E-state index is 11.9. The molecular weight excluding hydrogens is 230 g/mol. The summed E-state index contributed by atoms with van der Waals surface area (Å²) in [5, 5.41) is 0. The molecule has 1 aliphatic rings. The number of carbonyl (C=O) groups is 1. The summed E-state index contributed by atoms with van der Waals surface area (Å²) in [6.07, 6.45) is 7.59. The average molecular weight is 251 g/mol. The lowest BCUT2D eigenvalue weighted by molar-refractivity contribution is 0.0168. The summed E-state index contributed by atoms with van der Waals surface area (Å²) >= 11 is 0. The van der Waals surface area contributed by atoms with Gasteiger partial charge in [-0.15, -0.1) is 0 Å². The third kappa shape index (κ3) is 3.32. The molecule has 0 radical (unpaired) electrons. The molecule has 1 heterocycles. The molecule has 100 valence electrons. The van der Waals surface area contributed by atoms with Gasteiger partial charge in [0.25, 0.3) is 0 Å². The number of hydrogen-bond donors (Lipinski definition) is 1. The molecule has 5 heteroatoms. The van der Waals surface area contributed by atoms with Gasteiger partial charge in [0, 0.05) is 19.3 Å². The van der Waals surface area contributed by atoms with E-state index >= 15 is 0 Å². The van der Waals surface area contributed by atoms with Crippen LogP contribution in [0.1, 0.15) is 43.1 Å². The minimum Gasteiger partial charge on any atom is -0.458 e. The van der Waals surface area contributed by atoms with E-state index in [0.717, 1.165) is 31.6 Å². The zero-order valence-corrected chi connectivity index (χ0v) is 10.8. The first-order valence-electron chi connectivity index (χ1n) is 6.62. The monoisotopic (exact) mass is 251 g/mol. The van der Waals surface area contributed by atoms with E-state index in [1.54, 1.807) is 17.1 Å². The first-order chi connectivity index (χ1) is 8.69. The van der Waals surface area contributed by atoms with Gasteiger partial charge in [-0.1, -0.05) is 6.92 Å². The van der Waals surface area contributed by atoms with Gasteiger partial charge in [-0.25, -0.2) is 9.78 Å². The topological polar surface area (TPSA) is 70.1 Å². The first kappa shape index (κ1) is 13.1. The van der Waals surface area contributed by atoms with Crippen LogP contribution in [0.3, 0.4) is 0 Å². The van der Waals surface area contributed by atoms with E-state index in [0.29, 0.717) is 18.8 Å². The molecule has 0 bridgehead atoms. The molecule has 1 aromatic heterocycles. The van der Waals surface area contributed by atoms with Gasteiger partial charge in [-0.05, 0) is 31.6 Å². The van der Waals surface area contributed by atoms with E-state index in [9.17, 15) is 4.79 Å². The van der Waals surface area contributed by atoms with Crippen molar-refractivity contribution in [2.45, 2.75) is 45.3 Å². The normalized spacial score (nSPS) is 23.9. The Morgan fingerprint density at radius 2 is 2.22 bits per heavy atom. The van der Waals surface area contributed by atoms with Gasteiger partial charge >= 0.3 is 5.97 Å². The van der Waals surface area contributed by atoms with E-state index in [2.05, 4.69) is 11.9 Å². The largest absolute Gasteiger partial charge is 0.458 e. The number of imidazole rings is 1. The maximum Gasteiger partial charge on any atom is 0.358 e. The Hall–Kier alpha value is -1.36. The van der Waals surface area contributed by atoms with Crippen LogP contribution in [0.5, 0.6) is 0 Å². The molecule has 0 aromatic carbocycles. The highest BCUT2D eigenvalue weighted by molar-refractivity contribution is 5.87. The van der Waals surface area contributed by atoms with Crippen LogP contribution in [0.4, 0.5) is 0 Å². The molecule has 0 spiro atoms. The second-order valence-electron chi connectivity index (χ2n) is 5.07. The van der Waals surface area contributed by atoms with Crippen LogP contribution in [0.25, 0.3) is 0 Å². The molecule has 2 rings (SSSR count). The number of nitrogens with zero attached hydrogens (tertiary/aromatic N) is 2. The summed E-state index contributed by atoms with van der Waals surface area (Å²) in [7, 11) is 0. The highest BCUT2D eigenvalue weighted by atomic mass is 16.5. The van der Waals surface area contributed by atoms with Gasteiger partial charge in [0.1, 0.15) is 6.10 Å². The molecule has 5 nitrogen and oxygen atoms in total. The van der Waals surface area contributed by atoms with E-state index in [4.69, 9.17) is 10.5 Å². The van der Waals surface area contributed by atoms with Crippen molar-refractivity contribution < 1.29 is 9.53 Å². The van der Waals surface area contributed by atoms with Gasteiger partial charge < -0.3 is 15.0 Å². The fraction of sp³-hybridized carbons (Fsp3) is 0.692. The second kappa shape index (κ2) is 6.00. The standard InChI is InChI=1S/C13H21N3O2/c1-10-2-4-11(5-3-10)18-13(17)12-8-16(7-6-14)9-15-12/h8-11H,2-7,14H2,1H3. The summed E-state index contributed by atoms with van der Waals surface area (Å²) < 4.78 is 7.28. The number of carbonyl (C=O) groups excluding carboxylic acids is 1. The number of aromatic nitrogens is 2. The number of ether oxygens (including phenoxy) is 1. The molecule has 1 aromatic rings. The van der Waals surface area contributed by atoms with Crippen LogP contribution in [-0.2, 0) is 11.3 Å². The van der Waals surface area contributed by atoms with Crippen molar-refractivity contribution in [3.8, 4) is 0 Å². The predicted molar refractivity (Wildman–Crippen MR) is 68.1 cm³/mol. The lowest BCUT2D eigenvalue weighted by Gasteiger charge is -2.25. The van der Waals surface area contributed by atoms with E-state index < -0.39 is 0 Å². The van der Waals surface area contributed by atoms with Crippen LogP contribution in [0.2, 0.25) is 0 Å². The third-order valence-corrected chi connectivity index (χ3v) is 3.47.